The highest BCUT2D eigenvalue weighted by molar-refractivity contribution is 6.29. The van der Waals surface area contributed by atoms with Crippen LogP contribution in [0.25, 0.3) is 10.9 Å². The average Bonchev–Trinajstić information content (AvgIpc) is 2.14. The van der Waals surface area contributed by atoms with E-state index in [4.69, 9.17) is 11.6 Å². The van der Waals surface area contributed by atoms with E-state index in [1.165, 1.54) is 22.1 Å². The number of aryl methyl sites for hydroxylation is 3. The molecule has 0 fully saturated rings. The van der Waals surface area contributed by atoms with E-state index in [1.54, 1.807) is 0 Å². The van der Waals surface area contributed by atoms with Gasteiger partial charge in [0.05, 0.1) is 5.52 Å². The van der Waals surface area contributed by atoms with Crippen molar-refractivity contribution < 1.29 is 0 Å². The summed E-state index contributed by atoms with van der Waals surface area (Å²) in [6.45, 7) is 6.29. The van der Waals surface area contributed by atoms with Crippen LogP contribution in [0.4, 0.5) is 0 Å². The van der Waals surface area contributed by atoms with Crippen LogP contribution in [0, 0.1) is 20.8 Å². The van der Waals surface area contributed by atoms with Crippen LogP contribution in [-0.4, -0.2) is 4.98 Å². The molecule has 0 saturated carbocycles. The Kier molecular flexibility index (Phi) is 2.20. The minimum atomic E-state index is 0.561. The molecular weight excluding hydrogens is 194 g/mol. The Balaban J connectivity index is 2.95. The predicted molar refractivity (Wildman–Crippen MR) is 61.0 cm³/mol. The molecule has 0 unspecified atom stereocenters. The van der Waals surface area contributed by atoms with Crippen molar-refractivity contribution in [2.24, 2.45) is 0 Å². The number of hydrogen-bond acceptors (Lipinski definition) is 1. The number of fused-ring (bicyclic) bond motifs is 1. The van der Waals surface area contributed by atoms with Crippen LogP contribution in [0.5, 0.6) is 0 Å². The smallest absolute Gasteiger partial charge is 0.129 e. The van der Waals surface area contributed by atoms with Crippen LogP contribution in [0.1, 0.15) is 16.7 Å². The fourth-order valence-electron chi connectivity index (χ4n) is 1.74. The van der Waals surface area contributed by atoms with Gasteiger partial charge in [0.1, 0.15) is 5.15 Å². The number of pyridine rings is 1. The van der Waals surface area contributed by atoms with Crippen LogP contribution >= 0.6 is 11.6 Å². The summed E-state index contributed by atoms with van der Waals surface area (Å²) in [7, 11) is 0. The third-order valence-corrected chi connectivity index (χ3v) is 2.88. The highest BCUT2D eigenvalue weighted by Gasteiger charge is 2.05. The van der Waals surface area contributed by atoms with E-state index in [0.717, 1.165) is 5.52 Å². The fraction of sp³-hybridized carbons (Fsp3) is 0.250. The van der Waals surface area contributed by atoms with Gasteiger partial charge in [-0.15, -0.1) is 0 Å². The fourth-order valence-corrected chi connectivity index (χ4v) is 1.88. The van der Waals surface area contributed by atoms with Gasteiger partial charge in [0.2, 0.25) is 0 Å². The zero-order valence-electron chi connectivity index (χ0n) is 8.56. The Morgan fingerprint density at radius 1 is 1.07 bits per heavy atom. The first-order chi connectivity index (χ1) is 6.59. The molecule has 0 saturated heterocycles. The van der Waals surface area contributed by atoms with Gasteiger partial charge in [-0.1, -0.05) is 17.7 Å². The zero-order chi connectivity index (χ0) is 10.3. The largest absolute Gasteiger partial charge is 0.236 e. The molecule has 2 rings (SSSR count). The van der Waals surface area contributed by atoms with Crippen LogP contribution in [-0.2, 0) is 0 Å². The summed E-state index contributed by atoms with van der Waals surface area (Å²) in [5.41, 5.74) is 4.76. The minimum Gasteiger partial charge on any atom is -0.236 e. The normalized spacial score (nSPS) is 10.9. The van der Waals surface area contributed by atoms with Crippen LogP contribution < -0.4 is 0 Å². The summed E-state index contributed by atoms with van der Waals surface area (Å²) < 4.78 is 0. The standard InChI is InChI=1S/C12H12ClN/c1-7-6-8(2)10-4-5-11(13)14-12(10)9(7)3/h4-6H,1-3H3. The molecular formula is C12H12ClN. The average molecular weight is 206 g/mol. The number of rotatable bonds is 0. The number of halogens is 1. The van der Waals surface area contributed by atoms with E-state index < -0.39 is 0 Å². The van der Waals surface area contributed by atoms with Gasteiger partial charge in [-0.25, -0.2) is 4.98 Å². The zero-order valence-corrected chi connectivity index (χ0v) is 9.31. The number of aromatic nitrogens is 1. The van der Waals surface area contributed by atoms with E-state index in [9.17, 15) is 0 Å². The molecule has 2 heteroatoms. The Morgan fingerprint density at radius 3 is 2.50 bits per heavy atom. The predicted octanol–water partition coefficient (Wildman–Crippen LogP) is 3.81. The van der Waals surface area contributed by atoms with Crippen LogP contribution in [0.3, 0.4) is 0 Å². The van der Waals surface area contributed by atoms with Gasteiger partial charge in [-0.2, -0.15) is 0 Å². The quantitative estimate of drug-likeness (QED) is 0.596. The summed E-state index contributed by atoms with van der Waals surface area (Å²) in [6, 6.07) is 6.06. The van der Waals surface area contributed by atoms with Gasteiger partial charge >= 0.3 is 0 Å². The molecule has 0 radical (unpaired) electrons. The molecule has 0 aliphatic carbocycles. The summed E-state index contributed by atoms with van der Waals surface area (Å²) in [6.07, 6.45) is 0. The molecule has 1 nitrogen and oxygen atoms in total. The van der Waals surface area contributed by atoms with Gasteiger partial charge in [0, 0.05) is 5.39 Å². The molecule has 14 heavy (non-hydrogen) atoms. The maximum Gasteiger partial charge on any atom is 0.129 e. The lowest BCUT2D eigenvalue weighted by Crippen LogP contribution is -1.90. The third-order valence-electron chi connectivity index (χ3n) is 2.67. The van der Waals surface area contributed by atoms with Crippen molar-refractivity contribution in [3.8, 4) is 0 Å². The molecule has 1 aromatic carbocycles. The van der Waals surface area contributed by atoms with Gasteiger partial charge < -0.3 is 0 Å². The van der Waals surface area contributed by atoms with Gasteiger partial charge in [-0.05, 0) is 49.6 Å². The van der Waals surface area contributed by atoms with Crippen molar-refractivity contribution in [3.63, 3.8) is 0 Å². The maximum atomic E-state index is 5.88. The van der Waals surface area contributed by atoms with Crippen molar-refractivity contribution >= 4 is 22.5 Å². The molecule has 0 aliphatic heterocycles. The second kappa shape index (κ2) is 3.25. The molecule has 0 atom stereocenters. The molecule has 1 aromatic heterocycles. The van der Waals surface area contributed by atoms with Crippen molar-refractivity contribution in [3.05, 3.63) is 40.0 Å². The lowest BCUT2D eigenvalue weighted by atomic mass is 10.0. The van der Waals surface area contributed by atoms with Gasteiger partial charge in [0.15, 0.2) is 0 Å². The molecule has 1 heterocycles. The molecule has 0 bridgehead atoms. The Bertz CT molecular complexity index is 503. The number of nitrogens with zero attached hydrogens (tertiary/aromatic N) is 1. The highest BCUT2D eigenvalue weighted by Crippen LogP contribution is 2.24. The SMILES string of the molecule is Cc1cc(C)c2ccc(Cl)nc2c1C. The highest BCUT2D eigenvalue weighted by atomic mass is 35.5. The molecule has 72 valence electrons. The number of benzene rings is 1. The lowest BCUT2D eigenvalue weighted by Gasteiger charge is -2.08. The number of hydrogen-bond donors (Lipinski definition) is 0. The molecule has 0 amide bonds. The van der Waals surface area contributed by atoms with E-state index in [-0.39, 0.29) is 0 Å². The minimum absolute atomic E-state index is 0.561. The first-order valence-corrected chi connectivity index (χ1v) is 5.00. The summed E-state index contributed by atoms with van der Waals surface area (Å²) >= 11 is 5.88. The first-order valence-electron chi connectivity index (χ1n) is 4.62. The van der Waals surface area contributed by atoms with Crippen molar-refractivity contribution in [1.29, 1.82) is 0 Å². The van der Waals surface area contributed by atoms with E-state index in [0.29, 0.717) is 5.15 Å². The molecule has 0 N–H and O–H groups in total. The van der Waals surface area contributed by atoms with E-state index in [1.807, 2.05) is 12.1 Å². The van der Waals surface area contributed by atoms with Crippen LogP contribution in [0.2, 0.25) is 5.15 Å². The second-order valence-corrected chi connectivity index (χ2v) is 4.05. The Morgan fingerprint density at radius 2 is 1.79 bits per heavy atom. The van der Waals surface area contributed by atoms with Gasteiger partial charge in [-0.3, -0.25) is 0 Å². The summed E-state index contributed by atoms with van der Waals surface area (Å²) in [4.78, 5) is 4.36. The molecule has 2 aromatic rings. The van der Waals surface area contributed by atoms with Crippen LogP contribution in [0.15, 0.2) is 18.2 Å². The second-order valence-electron chi connectivity index (χ2n) is 3.67. The maximum absolute atomic E-state index is 5.88. The van der Waals surface area contributed by atoms with Crippen molar-refractivity contribution in [2.45, 2.75) is 20.8 Å². The van der Waals surface area contributed by atoms with Crippen molar-refractivity contribution in [2.75, 3.05) is 0 Å². The van der Waals surface area contributed by atoms with Gasteiger partial charge in [0.25, 0.3) is 0 Å². The van der Waals surface area contributed by atoms with Crippen molar-refractivity contribution in [1.82, 2.24) is 4.98 Å². The monoisotopic (exact) mass is 205 g/mol. The Labute approximate surface area is 88.7 Å². The Hall–Kier alpha value is -1.08. The van der Waals surface area contributed by atoms with E-state index in [2.05, 4.69) is 31.8 Å². The summed E-state index contributed by atoms with van der Waals surface area (Å²) in [5, 5.41) is 1.75. The molecule has 0 spiro atoms. The third kappa shape index (κ3) is 1.38. The topological polar surface area (TPSA) is 12.9 Å². The lowest BCUT2D eigenvalue weighted by molar-refractivity contribution is 1.29. The van der Waals surface area contributed by atoms with E-state index >= 15 is 0 Å². The molecule has 0 aliphatic rings. The first kappa shape index (κ1) is 9.47. The summed E-state index contributed by atoms with van der Waals surface area (Å²) in [5.74, 6) is 0.